The maximum atomic E-state index is 12.4. The van der Waals surface area contributed by atoms with E-state index in [-0.39, 0.29) is 5.91 Å². The molecule has 0 atom stereocenters. The number of thiazole rings is 1. The van der Waals surface area contributed by atoms with Crippen LogP contribution in [0.15, 0.2) is 41.4 Å². The quantitative estimate of drug-likeness (QED) is 0.671. The third-order valence-electron chi connectivity index (χ3n) is 4.00. The molecule has 0 spiro atoms. The Morgan fingerprint density at radius 3 is 2.45 bits per heavy atom. The van der Waals surface area contributed by atoms with Crippen LogP contribution in [-0.4, -0.2) is 10.5 Å². The standard InChI is InChI=1S/C18H18N2OS/c1-11-7-5-6-8-14(11)17(21)19-18-20(4)15-9-12(2)13(3)10-16(15)22-18/h5-10H,1-4H3. The fourth-order valence-corrected chi connectivity index (χ4v) is 3.54. The summed E-state index contributed by atoms with van der Waals surface area (Å²) in [6.07, 6.45) is 0. The largest absolute Gasteiger partial charge is 0.319 e. The fraction of sp³-hybridized carbons (Fsp3) is 0.222. The van der Waals surface area contributed by atoms with Crippen molar-refractivity contribution >= 4 is 27.5 Å². The van der Waals surface area contributed by atoms with Gasteiger partial charge in [-0.2, -0.15) is 4.99 Å². The van der Waals surface area contributed by atoms with Crippen molar-refractivity contribution in [2.45, 2.75) is 20.8 Å². The Labute approximate surface area is 133 Å². The molecule has 4 heteroatoms. The van der Waals surface area contributed by atoms with Gasteiger partial charge in [0.25, 0.3) is 5.91 Å². The Kier molecular flexibility index (Phi) is 3.71. The van der Waals surface area contributed by atoms with Crippen LogP contribution in [0.2, 0.25) is 0 Å². The van der Waals surface area contributed by atoms with Crippen LogP contribution in [0.3, 0.4) is 0 Å². The second-order valence-corrected chi connectivity index (χ2v) is 6.59. The van der Waals surface area contributed by atoms with Gasteiger partial charge in [0.2, 0.25) is 0 Å². The third-order valence-corrected chi connectivity index (χ3v) is 5.09. The first-order valence-corrected chi connectivity index (χ1v) is 8.00. The van der Waals surface area contributed by atoms with Crippen molar-refractivity contribution in [1.29, 1.82) is 0 Å². The molecule has 0 aliphatic heterocycles. The van der Waals surface area contributed by atoms with E-state index in [9.17, 15) is 4.79 Å². The van der Waals surface area contributed by atoms with E-state index in [2.05, 4.69) is 31.0 Å². The molecule has 3 rings (SSSR count). The zero-order valence-corrected chi connectivity index (χ0v) is 14.0. The van der Waals surface area contributed by atoms with Crippen LogP contribution >= 0.6 is 11.3 Å². The molecule has 0 saturated heterocycles. The topological polar surface area (TPSA) is 34.4 Å². The molecule has 22 heavy (non-hydrogen) atoms. The average molecular weight is 310 g/mol. The van der Waals surface area contributed by atoms with Crippen molar-refractivity contribution in [1.82, 2.24) is 4.57 Å². The molecule has 1 amide bonds. The summed E-state index contributed by atoms with van der Waals surface area (Å²) in [6, 6.07) is 11.9. The Hall–Kier alpha value is -2.20. The van der Waals surface area contributed by atoms with E-state index in [0.717, 1.165) is 20.6 Å². The van der Waals surface area contributed by atoms with Gasteiger partial charge in [-0.3, -0.25) is 4.79 Å². The number of rotatable bonds is 1. The van der Waals surface area contributed by atoms with Gasteiger partial charge in [0.05, 0.1) is 10.2 Å². The molecule has 1 aromatic heterocycles. The lowest BCUT2D eigenvalue weighted by Crippen LogP contribution is -2.13. The van der Waals surface area contributed by atoms with E-state index in [1.54, 1.807) is 11.3 Å². The predicted molar refractivity (Wildman–Crippen MR) is 91.3 cm³/mol. The number of benzene rings is 2. The second-order valence-electron chi connectivity index (χ2n) is 5.58. The molecule has 2 aromatic carbocycles. The molecule has 112 valence electrons. The summed E-state index contributed by atoms with van der Waals surface area (Å²) in [7, 11) is 1.96. The average Bonchev–Trinajstić information content (AvgIpc) is 2.76. The van der Waals surface area contributed by atoms with Gasteiger partial charge < -0.3 is 4.57 Å². The van der Waals surface area contributed by atoms with Gasteiger partial charge in [-0.1, -0.05) is 29.5 Å². The highest BCUT2D eigenvalue weighted by Crippen LogP contribution is 2.21. The van der Waals surface area contributed by atoms with E-state index < -0.39 is 0 Å². The van der Waals surface area contributed by atoms with Crippen molar-refractivity contribution in [2.24, 2.45) is 12.0 Å². The molecule has 0 N–H and O–H groups in total. The molecular weight excluding hydrogens is 292 g/mol. The summed E-state index contributed by atoms with van der Waals surface area (Å²) in [5.74, 6) is -0.186. The predicted octanol–water partition coefficient (Wildman–Crippen LogP) is 3.91. The van der Waals surface area contributed by atoms with Crippen LogP contribution in [-0.2, 0) is 7.05 Å². The van der Waals surface area contributed by atoms with Crippen LogP contribution in [0.25, 0.3) is 10.2 Å². The van der Waals surface area contributed by atoms with E-state index >= 15 is 0 Å². The van der Waals surface area contributed by atoms with E-state index in [1.807, 2.05) is 42.8 Å². The Balaban J connectivity index is 2.16. The zero-order valence-electron chi connectivity index (χ0n) is 13.2. The maximum absolute atomic E-state index is 12.4. The normalized spacial score (nSPS) is 12.1. The molecular formula is C18H18N2OS. The third kappa shape index (κ3) is 2.50. The van der Waals surface area contributed by atoms with E-state index in [1.165, 1.54) is 11.1 Å². The van der Waals surface area contributed by atoms with Gasteiger partial charge in [0.1, 0.15) is 0 Å². The SMILES string of the molecule is Cc1cc2sc(=NC(=O)c3ccccc3C)n(C)c2cc1C. The van der Waals surface area contributed by atoms with Crippen molar-refractivity contribution in [3.05, 3.63) is 63.5 Å². The first kappa shape index (κ1) is 14.7. The lowest BCUT2D eigenvalue weighted by molar-refractivity contribution is 0.0997. The van der Waals surface area contributed by atoms with Crippen molar-refractivity contribution in [3.63, 3.8) is 0 Å². The first-order chi connectivity index (χ1) is 10.5. The van der Waals surface area contributed by atoms with E-state index in [0.29, 0.717) is 5.56 Å². The number of carbonyl (C=O) groups excluding carboxylic acids is 1. The Morgan fingerprint density at radius 2 is 1.73 bits per heavy atom. The van der Waals surface area contributed by atoms with Gasteiger partial charge in [0.15, 0.2) is 4.80 Å². The summed E-state index contributed by atoms with van der Waals surface area (Å²) in [5.41, 5.74) is 5.23. The highest BCUT2D eigenvalue weighted by atomic mass is 32.1. The van der Waals surface area contributed by atoms with Crippen molar-refractivity contribution in [3.8, 4) is 0 Å². The summed E-state index contributed by atoms with van der Waals surface area (Å²) in [5, 5.41) is 0. The number of aryl methyl sites for hydroxylation is 4. The smallest absolute Gasteiger partial charge is 0.279 e. The number of hydrogen-bond donors (Lipinski definition) is 0. The number of hydrogen-bond acceptors (Lipinski definition) is 2. The molecule has 0 bridgehead atoms. The fourth-order valence-electron chi connectivity index (χ4n) is 2.45. The van der Waals surface area contributed by atoms with Crippen LogP contribution in [0.4, 0.5) is 0 Å². The van der Waals surface area contributed by atoms with Crippen LogP contribution in [0.5, 0.6) is 0 Å². The van der Waals surface area contributed by atoms with E-state index in [4.69, 9.17) is 0 Å². The van der Waals surface area contributed by atoms with Crippen LogP contribution in [0, 0.1) is 20.8 Å². The van der Waals surface area contributed by atoms with Crippen molar-refractivity contribution < 1.29 is 4.79 Å². The number of fused-ring (bicyclic) bond motifs is 1. The molecule has 0 aliphatic rings. The number of amides is 1. The number of aromatic nitrogens is 1. The molecule has 0 fully saturated rings. The molecule has 0 radical (unpaired) electrons. The van der Waals surface area contributed by atoms with Crippen molar-refractivity contribution in [2.75, 3.05) is 0 Å². The maximum Gasteiger partial charge on any atom is 0.279 e. The molecule has 0 saturated carbocycles. The second kappa shape index (κ2) is 5.54. The minimum atomic E-state index is -0.186. The van der Waals surface area contributed by atoms with Gasteiger partial charge in [0, 0.05) is 12.6 Å². The van der Waals surface area contributed by atoms with Gasteiger partial charge in [-0.15, -0.1) is 0 Å². The minimum Gasteiger partial charge on any atom is -0.319 e. The number of carbonyl (C=O) groups is 1. The Morgan fingerprint density at radius 1 is 1.05 bits per heavy atom. The summed E-state index contributed by atoms with van der Waals surface area (Å²) in [6.45, 7) is 6.13. The first-order valence-electron chi connectivity index (χ1n) is 7.19. The van der Waals surface area contributed by atoms with Gasteiger partial charge >= 0.3 is 0 Å². The van der Waals surface area contributed by atoms with Crippen LogP contribution < -0.4 is 4.80 Å². The molecule has 1 heterocycles. The molecule has 3 nitrogen and oxygen atoms in total. The number of nitrogens with zero attached hydrogens (tertiary/aromatic N) is 2. The lowest BCUT2D eigenvalue weighted by atomic mass is 10.1. The van der Waals surface area contributed by atoms with Gasteiger partial charge in [-0.25, -0.2) is 0 Å². The summed E-state index contributed by atoms with van der Waals surface area (Å²) >= 11 is 1.55. The van der Waals surface area contributed by atoms with Crippen LogP contribution in [0.1, 0.15) is 27.0 Å². The highest BCUT2D eigenvalue weighted by Gasteiger charge is 2.09. The molecule has 3 aromatic rings. The minimum absolute atomic E-state index is 0.186. The summed E-state index contributed by atoms with van der Waals surface area (Å²) < 4.78 is 3.14. The zero-order chi connectivity index (χ0) is 15.9. The van der Waals surface area contributed by atoms with Gasteiger partial charge in [-0.05, 0) is 55.7 Å². The summed E-state index contributed by atoms with van der Waals surface area (Å²) in [4.78, 5) is 17.5. The highest BCUT2D eigenvalue weighted by molar-refractivity contribution is 7.16. The molecule has 0 aliphatic carbocycles. The lowest BCUT2D eigenvalue weighted by Gasteiger charge is -2.01. The molecule has 0 unspecified atom stereocenters. The Bertz CT molecular complexity index is 947. The monoisotopic (exact) mass is 310 g/mol.